The van der Waals surface area contributed by atoms with E-state index < -0.39 is 5.41 Å². The van der Waals surface area contributed by atoms with Crippen molar-refractivity contribution in [1.29, 1.82) is 0 Å². The molecule has 3 N–H and O–H groups in total. The molecule has 0 unspecified atom stereocenters. The molecule has 1 aliphatic carbocycles. The second-order valence-electron chi connectivity index (χ2n) is 8.41. The summed E-state index contributed by atoms with van der Waals surface area (Å²) >= 11 is 0. The number of carbonyl (C=O) groups is 2. The summed E-state index contributed by atoms with van der Waals surface area (Å²) in [5.41, 5.74) is 7.32. The number of aldehydes is 1. The molecule has 0 radical (unpaired) electrons. The van der Waals surface area contributed by atoms with Gasteiger partial charge >= 0.3 is 0 Å². The molecule has 1 amide bonds. The number of hydrogen-bond donors (Lipinski definition) is 2. The lowest BCUT2D eigenvalue weighted by Crippen LogP contribution is -2.50. The van der Waals surface area contributed by atoms with E-state index in [-0.39, 0.29) is 11.6 Å². The Morgan fingerprint density at radius 2 is 1.93 bits per heavy atom. The van der Waals surface area contributed by atoms with E-state index in [2.05, 4.69) is 39.1 Å². The Morgan fingerprint density at radius 1 is 1.27 bits per heavy atom. The monoisotopic (exact) mass is 414 g/mol. The fourth-order valence-electron chi connectivity index (χ4n) is 4.28. The van der Waals surface area contributed by atoms with Crippen LogP contribution in [0.1, 0.15) is 72.6 Å². The van der Waals surface area contributed by atoms with Crippen LogP contribution in [0, 0.1) is 11.3 Å². The number of allylic oxidation sites excluding steroid dienone is 2. The summed E-state index contributed by atoms with van der Waals surface area (Å²) in [6.07, 6.45) is 12.6. The minimum absolute atomic E-state index is 0.0270. The zero-order valence-corrected chi connectivity index (χ0v) is 19.0. The third kappa shape index (κ3) is 5.41. The molecule has 1 aliphatic heterocycles. The van der Waals surface area contributed by atoms with Crippen molar-refractivity contribution in [1.82, 2.24) is 10.2 Å². The molecule has 6 heteroatoms. The van der Waals surface area contributed by atoms with Crippen molar-refractivity contribution >= 4 is 18.4 Å². The van der Waals surface area contributed by atoms with E-state index in [4.69, 9.17) is 10.7 Å². The van der Waals surface area contributed by atoms with Gasteiger partial charge in [-0.25, -0.2) is 4.99 Å². The number of hydrogen-bond acceptors (Lipinski definition) is 5. The Hall–Kier alpha value is -2.37. The molecule has 0 spiro atoms. The Labute approximate surface area is 181 Å². The van der Waals surface area contributed by atoms with Gasteiger partial charge in [0.1, 0.15) is 5.82 Å². The first-order valence-corrected chi connectivity index (χ1v) is 11.3. The van der Waals surface area contributed by atoms with Crippen molar-refractivity contribution in [3.05, 3.63) is 34.9 Å². The van der Waals surface area contributed by atoms with Gasteiger partial charge in [-0.2, -0.15) is 0 Å². The van der Waals surface area contributed by atoms with Crippen LogP contribution in [0.5, 0.6) is 0 Å². The van der Waals surface area contributed by atoms with Crippen LogP contribution in [0.15, 0.2) is 39.9 Å². The quantitative estimate of drug-likeness (QED) is 0.286. The maximum atomic E-state index is 13.5. The van der Waals surface area contributed by atoms with Crippen LogP contribution in [0.4, 0.5) is 0 Å². The van der Waals surface area contributed by atoms with Gasteiger partial charge in [-0.3, -0.25) is 9.59 Å². The second kappa shape index (κ2) is 11.1. The normalized spacial score (nSPS) is 20.3. The number of amides is 1. The first kappa shape index (κ1) is 23.9. The molecule has 0 saturated heterocycles. The molecular formula is C24H38N4O2. The molecule has 6 nitrogen and oxygen atoms in total. The van der Waals surface area contributed by atoms with Gasteiger partial charge in [0.2, 0.25) is 5.91 Å². The number of aliphatic imine (C=N–C) groups is 1. The molecule has 0 aromatic carbocycles. The van der Waals surface area contributed by atoms with Gasteiger partial charge in [-0.1, -0.05) is 39.2 Å². The summed E-state index contributed by atoms with van der Waals surface area (Å²) < 4.78 is 0. The molecule has 0 aromatic rings. The van der Waals surface area contributed by atoms with Gasteiger partial charge in [0, 0.05) is 19.0 Å². The molecule has 1 heterocycles. The Bertz CT molecular complexity index is 738. The van der Waals surface area contributed by atoms with E-state index in [0.717, 1.165) is 61.5 Å². The van der Waals surface area contributed by atoms with Crippen LogP contribution >= 0.6 is 0 Å². The fraction of sp³-hybridized carbons (Fsp3) is 0.625. The summed E-state index contributed by atoms with van der Waals surface area (Å²) in [4.78, 5) is 31.4. The third-order valence-corrected chi connectivity index (χ3v) is 6.16. The number of carbonyl (C=O) groups excluding carboxylic acids is 2. The molecule has 0 bridgehead atoms. The van der Waals surface area contributed by atoms with E-state index in [9.17, 15) is 9.59 Å². The standard InChI is InChI=1S/C24H38N4O2/c1-5-8-22(26-14-19-9-10-19)27-15-20-16-28(21(13-25)17-29)23(30)24(11-6-2,12-7-3)18(20)4/h8,13,15,17,19,26H,5-7,9-12,14,16,25H2,1-4H3/b21-13?,22-8+,27-15?. The van der Waals surface area contributed by atoms with Crippen molar-refractivity contribution in [2.75, 3.05) is 13.1 Å². The second-order valence-corrected chi connectivity index (χ2v) is 8.41. The highest BCUT2D eigenvalue weighted by Gasteiger charge is 2.46. The Balaban J connectivity index is 2.43. The van der Waals surface area contributed by atoms with Gasteiger partial charge in [-0.15, -0.1) is 0 Å². The zero-order chi connectivity index (χ0) is 22.1. The maximum absolute atomic E-state index is 13.5. The van der Waals surface area contributed by atoms with E-state index in [1.54, 1.807) is 0 Å². The fourth-order valence-corrected chi connectivity index (χ4v) is 4.28. The molecule has 2 aliphatic rings. The van der Waals surface area contributed by atoms with Gasteiger partial charge in [-0.05, 0) is 56.6 Å². The predicted molar refractivity (Wildman–Crippen MR) is 123 cm³/mol. The van der Waals surface area contributed by atoms with Gasteiger partial charge < -0.3 is 16.0 Å². The lowest BCUT2D eigenvalue weighted by molar-refractivity contribution is -0.140. The van der Waals surface area contributed by atoms with Gasteiger partial charge in [0.15, 0.2) is 6.29 Å². The number of rotatable bonds is 12. The first-order chi connectivity index (χ1) is 14.5. The largest absolute Gasteiger partial charge is 0.403 e. The summed E-state index contributed by atoms with van der Waals surface area (Å²) in [5, 5.41) is 3.45. The predicted octanol–water partition coefficient (Wildman–Crippen LogP) is 4.05. The first-order valence-electron chi connectivity index (χ1n) is 11.3. The van der Waals surface area contributed by atoms with Crippen LogP contribution in [0.2, 0.25) is 0 Å². The van der Waals surface area contributed by atoms with E-state index in [1.807, 2.05) is 6.21 Å². The summed E-state index contributed by atoms with van der Waals surface area (Å²) in [5.74, 6) is 1.60. The molecule has 1 fully saturated rings. The highest BCUT2D eigenvalue weighted by atomic mass is 16.2. The van der Waals surface area contributed by atoms with Gasteiger partial charge in [0.25, 0.3) is 0 Å². The minimum atomic E-state index is -0.615. The molecule has 1 saturated carbocycles. The average molecular weight is 415 g/mol. The zero-order valence-electron chi connectivity index (χ0n) is 19.0. The minimum Gasteiger partial charge on any atom is -0.403 e. The van der Waals surface area contributed by atoms with Gasteiger partial charge in [0.05, 0.1) is 17.7 Å². The lowest BCUT2D eigenvalue weighted by atomic mass is 9.69. The summed E-state index contributed by atoms with van der Waals surface area (Å²) in [6, 6.07) is 0. The molecule has 2 rings (SSSR count). The SMILES string of the molecule is CC/C=C(/N=CC1=C(C)C(CCC)(CCC)C(=O)N(C(C=O)=CN)C1)NCC1CC1. The number of nitrogens with one attached hydrogen (secondary N) is 1. The topological polar surface area (TPSA) is 87.8 Å². The lowest BCUT2D eigenvalue weighted by Gasteiger charge is -2.43. The van der Waals surface area contributed by atoms with Crippen LogP contribution in [0.3, 0.4) is 0 Å². The van der Waals surface area contributed by atoms with Crippen molar-refractivity contribution < 1.29 is 9.59 Å². The van der Waals surface area contributed by atoms with Crippen molar-refractivity contribution in [2.45, 2.75) is 72.6 Å². The third-order valence-electron chi connectivity index (χ3n) is 6.16. The molecule has 0 aromatic heterocycles. The number of nitrogens with two attached hydrogens (primary N) is 1. The molecule has 30 heavy (non-hydrogen) atoms. The van der Waals surface area contributed by atoms with E-state index >= 15 is 0 Å². The number of nitrogens with zero attached hydrogens (tertiary/aromatic N) is 2. The summed E-state index contributed by atoms with van der Waals surface area (Å²) in [7, 11) is 0. The smallest absolute Gasteiger partial charge is 0.237 e. The van der Waals surface area contributed by atoms with Crippen LogP contribution in [-0.2, 0) is 9.59 Å². The van der Waals surface area contributed by atoms with Crippen LogP contribution in [0.25, 0.3) is 0 Å². The molecular weight excluding hydrogens is 376 g/mol. The summed E-state index contributed by atoms with van der Waals surface area (Å²) in [6.45, 7) is 9.59. The Morgan fingerprint density at radius 3 is 2.43 bits per heavy atom. The molecule has 166 valence electrons. The maximum Gasteiger partial charge on any atom is 0.237 e. The van der Waals surface area contributed by atoms with E-state index in [1.165, 1.54) is 23.9 Å². The average Bonchev–Trinajstić information content (AvgIpc) is 3.56. The highest BCUT2D eigenvalue weighted by molar-refractivity contribution is 5.97. The van der Waals surface area contributed by atoms with Crippen LogP contribution < -0.4 is 11.1 Å². The van der Waals surface area contributed by atoms with Crippen molar-refractivity contribution in [3.63, 3.8) is 0 Å². The Kier molecular flexibility index (Phi) is 8.88. The van der Waals surface area contributed by atoms with Crippen molar-refractivity contribution in [3.8, 4) is 0 Å². The highest BCUT2D eigenvalue weighted by Crippen LogP contribution is 2.44. The molecule has 0 atom stereocenters. The van der Waals surface area contributed by atoms with Crippen LogP contribution in [-0.4, -0.2) is 36.4 Å². The van der Waals surface area contributed by atoms with E-state index in [0.29, 0.717) is 12.8 Å². The van der Waals surface area contributed by atoms with Crippen molar-refractivity contribution in [2.24, 2.45) is 22.1 Å².